The molecule has 0 bridgehead atoms. The minimum atomic E-state index is -1.10. The van der Waals surface area contributed by atoms with Gasteiger partial charge in [0.1, 0.15) is 6.61 Å². The standard InChI is InChI=1S/C25H28N2O6/c1-2-15(13-22(28)27-21-11-12-32-23(21)24(29)30)26-25(31)33-14-20-18-9-5-3-7-16(18)17-8-4-6-10-19(17)20/h3-10,15,20-21,23H,2,11-14H2,1H3,(H,26,31)(H,27,28)(H,29,30)/t15-,21?,23?/m0/s1. The lowest BCUT2D eigenvalue weighted by atomic mass is 9.98. The third-order valence-electron chi connectivity index (χ3n) is 6.27. The summed E-state index contributed by atoms with van der Waals surface area (Å²) in [4.78, 5) is 36.1. The first-order valence-corrected chi connectivity index (χ1v) is 11.2. The number of carbonyl (C=O) groups excluding carboxylic acids is 2. The van der Waals surface area contributed by atoms with E-state index in [1.54, 1.807) is 0 Å². The van der Waals surface area contributed by atoms with E-state index in [2.05, 4.69) is 34.9 Å². The predicted molar refractivity (Wildman–Crippen MR) is 121 cm³/mol. The maximum Gasteiger partial charge on any atom is 0.407 e. The zero-order chi connectivity index (χ0) is 23.4. The fourth-order valence-corrected chi connectivity index (χ4v) is 4.57. The Morgan fingerprint density at radius 2 is 1.73 bits per heavy atom. The number of carboxylic acid groups (broad SMARTS) is 1. The minimum Gasteiger partial charge on any atom is -0.479 e. The summed E-state index contributed by atoms with van der Waals surface area (Å²) in [5, 5.41) is 14.6. The van der Waals surface area contributed by atoms with Crippen molar-refractivity contribution in [3.05, 3.63) is 59.7 Å². The van der Waals surface area contributed by atoms with E-state index < -0.39 is 30.3 Å². The Morgan fingerprint density at radius 1 is 1.09 bits per heavy atom. The van der Waals surface area contributed by atoms with Gasteiger partial charge in [-0.05, 0) is 35.1 Å². The molecule has 33 heavy (non-hydrogen) atoms. The van der Waals surface area contributed by atoms with Crippen molar-refractivity contribution in [1.29, 1.82) is 0 Å². The number of benzene rings is 2. The van der Waals surface area contributed by atoms with E-state index in [0.29, 0.717) is 12.8 Å². The largest absolute Gasteiger partial charge is 0.479 e. The van der Waals surface area contributed by atoms with Crippen LogP contribution >= 0.6 is 0 Å². The lowest BCUT2D eigenvalue weighted by Gasteiger charge is -2.21. The molecule has 1 saturated heterocycles. The molecule has 2 amide bonds. The molecule has 2 aromatic rings. The van der Waals surface area contributed by atoms with Crippen molar-refractivity contribution in [3.63, 3.8) is 0 Å². The number of aliphatic carboxylic acids is 1. The molecule has 1 heterocycles. The van der Waals surface area contributed by atoms with Gasteiger partial charge in [-0.2, -0.15) is 0 Å². The minimum absolute atomic E-state index is 0.0313. The highest BCUT2D eigenvalue weighted by Crippen LogP contribution is 2.44. The first-order valence-electron chi connectivity index (χ1n) is 11.2. The number of alkyl carbamates (subject to hydrolysis) is 1. The van der Waals surface area contributed by atoms with Gasteiger partial charge in [0.15, 0.2) is 6.10 Å². The number of carboxylic acids is 1. The van der Waals surface area contributed by atoms with E-state index in [4.69, 9.17) is 14.6 Å². The molecule has 1 aliphatic heterocycles. The van der Waals surface area contributed by atoms with Gasteiger partial charge in [-0.15, -0.1) is 0 Å². The average molecular weight is 453 g/mol. The third kappa shape index (κ3) is 5.01. The molecule has 0 radical (unpaired) electrons. The first-order chi connectivity index (χ1) is 16.0. The number of ether oxygens (including phenoxy) is 2. The second-order valence-corrected chi connectivity index (χ2v) is 8.37. The van der Waals surface area contributed by atoms with Crippen molar-refractivity contribution in [1.82, 2.24) is 10.6 Å². The van der Waals surface area contributed by atoms with Crippen molar-refractivity contribution in [2.45, 2.75) is 50.3 Å². The van der Waals surface area contributed by atoms with Crippen LogP contribution in [0.15, 0.2) is 48.5 Å². The maximum atomic E-state index is 12.5. The van der Waals surface area contributed by atoms with Gasteiger partial charge in [-0.25, -0.2) is 9.59 Å². The first kappa shape index (κ1) is 22.8. The Kier molecular flexibility index (Phi) is 6.93. The molecule has 3 N–H and O–H groups in total. The highest BCUT2D eigenvalue weighted by atomic mass is 16.5. The Hall–Kier alpha value is -3.39. The molecule has 4 rings (SSSR count). The molecule has 0 saturated carbocycles. The van der Waals surface area contributed by atoms with Gasteiger partial charge in [0.05, 0.1) is 6.04 Å². The summed E-state index contributed by atoms with van der Waals surface area (Å²) in [6.07, 6.45) is -0.613. The fourth-order valence-electron chi connectivity index (χ4n) is 4.57. The van der Waals surface area contributed by atoms with Crippen molar-refractivity contribution >= 4 is 18.0 Å². The lowest BCUT2D eigenvalue weighted by molar-refractivity contribution is -0.148. The molecule has 2 aliphatic rings. The highest BCUT2D eigenvalue weighted by Gasteiger charge is 2.35. The molecule has 1 fully saturated rings. The predicted octanol–water partition coefficient (Wildman–Crippen LogP) is 3.05. The molecular formula is C25H28N2O6. The van der Waals surface area contributed by atoms with Crippen LogP contribution in [0, 0.1) is 0 Å². The number of amides is 2. The van der Waals surface area contributed by atoms with Gasteiger partial charge in [0.25, 0.3) is 0 Å². The molecule has 0 spiro atoms. The molecule has 174 valence electrons. The number of nitrogens with one attached hydrogen (secondary N) is 2. The van der Waals surface area contributed by atoms with Gasteiger partial charge < -0.3 is 25.2 Å². The molecule has 3 atom stereocenters. The Labute approximate surface area is 192 Å². The van der Waals surface area contributed by atoms with Crippen LogP contribution < -0.4 is 10.6 Å². The van der Waals surface area contributed by atoms with Crippen molar-refractivity contribution in [2.24, 2.45) is 0 Å². The van der Waals surface area contributed by atoms with Crippen LogP contribution in [-0.4, -0.2) is 54.5 Å². The zero-order valence-electron chi connectivity index (χ0n) is 18.5. The smallest absolute Gasteiger partial charge is 0.407 e. The summed E-state index contributed by atoms with van der Waals surface area (Å²) in [7, 11) is 0. The number of rotatable bonds is 8. The van der Waals surface area contributed by atoms with Gasteiger partial charge in [0, 0.05) is 25.0 Å². The lowest BCUT2D eigenvalue weighted by Crippen LogP contribution is -2.46. The highest BCUT2D eigenvalue weighted by molar-refractivity contribution is 5.81. The van der Waals surface area contributed by atoms with E-state index in [0.717, 1.165) is 22.3 Å². The van der Waals surface area contributed by atoms with Gasteiger partial charge in [-0.1, -0.05) is 55.5 Å². The normalized spacial score (nSPS) is 19.9. The van der Waals surface area contributed by atoms with Crippen LogP contribution in [0.2, 0.25) is 0 Å². The molecule has 0 aromatic heterocycles. The second kappa shape index (κ2) is 10.0. The van der Waals surface area contributed by atoms with Crippen LogP contribution in [0.5, 0.6) is 0 Å². The van der Waals surface area contributed by atoms with E-state index in [1.165, 1.54) is 0 Å². The van der Waals surface area contributed by atoms with Crippen LogP contribution in [0.3, 0.4) is 0 Å². The maximum absolute atomic E-state index is 12.5. The molecular weight excluding hydrogens is 424 g/mol. The molecule has 8 heteroatoms. The van der Waals surface area contributed by atoms with Crippen LogP contribution in [-0.2, 0) is 19.1 Å². The van der Waals surface area contributed by atoms with Crippen molar-refractivity contribution in [2.75, 3.05) is 13.2 Å². The molecule has 2 aromatic carbocycles. The van der Waals surface area contributed by atoms with Crippen LogP contribution in [0.1, 0.15) is 43.2 Å². The molecule has 1 aliphatic carbocycles. The SMILES string of the molecule is CC[C@@H](CC(=O)NC1CCOC1C(=O)O)NC(=O)OCC1c2ccccc2-c2ccccc21. The Balaban J connectivity index is 1.31. The number of hydrogen-bond donors (Lipinski definition) is 3. The fraction of sp³-hybridized carbons (Fsp3) is 0.400. The topological polar surface area (TPSA) is 114 Å². The van der Waals surface area contributed by atoms with E-state index in [1.807, 2.05) is 31.2 Å². The van der Waals surface area contributed by atoms with Crippen molar-refractivity contribution < 1.29 is 29.0 Å². The quantitative estimate of drug-likeness (QED) is 0.567. The third-order valence-corrected chi connectivity index (χ3v) is 6.27. The summed E-state index contributed by atoms with van der Waals surface area (Å²) >= 11 is 0. The van der Waals surface area contributed by atoms with E-state index in [-0.39, 0.29) is 31.5 Å². The number of hydrogen-bond acceptors (Lipinski definition) is 5. The summed E-state index contributed by atoms with van der Waals surface area (Å²) < 4.78 is 10.7. The monoisotopic (exact) mass is 452 g/mol. The second-order valence-electron chi connectivity index (χ2n) is 8.37. The Morgan fingerprint density at radius 3 is 2.33 bits per heavy atom. The average Bonchev–Trinajstić information content (AvgIpc) is 3.40. The Bertz CT molecular complexity index is 994. The van der Waals surface area contributed by atoms with Crippen molar-refractivity contribution in [3.8, 4) is 11.1 Å². The van der Waals surface area contributed by atoms with E-state index >= 15 is 0 Å². The van der Waals surface area contributed by atoms with E-state index in [9.17, 15) is 14.4 Å². The summed E-state index contributed by atoms with van der Waals surface area (Å²) in [6, 6.07) is 15.2. The zero-order valence-corrected chi connectivity index (χ0v) is 18.5. The van der Waals surface area contributed by atoms with Gasteiger partial charge in [-0.3, -0.25) is 4.79 Å². The summed E-state index contributed by atoms with van der Waals surface area (Å²) in [6.45, 7) is 2.35. The van der Waals surface area contributed by atoms with Gasteiger partial charge >= 0.3 is 12.1 Å². The van der Waals surface area contributed by atoms with Crippen LogP contribution in [0.4, 0.5) is 4.79 Å². The number of fused-ring (bicyclic) bond motifs is 3. The van der Waals surface area contributed by atoms with Gasteiger partial charge in [0.2, 0.25) is 5.91 Å². The molecule has 2 unspecified atom stereocenters. The van der Waals surface area contributed by atoms with Crippen LogP contribution in [0.25, 0.3) is 11.1 Å². The summed E-state index contributed by atoms with van der Waals surface area (Å²) in [5.74, 6) is -1.47. The summed E-state index contributed by atoms with van der Waals surface area (Å²) in [5.41, 5.74) is 4.57. The number of carbonyl (C=O) groups is 3. The molecule has 8 nitrogen and oxygen atoms in total.